The first kappa shape index (κ1) is 21.6. The lowest BCUT2D eigenvalue weighted by Gasteiger charge is -2.36. The maximum Gasteiger partial charge on any atom is 0.252 e. The summed E-state index contributed by atoms with van der Waals surface area (Å²) in [5, 5.41) is 6.71. The molecule has 2 aromatic rings. The molecule has 1 aliphatic rings. The summed E-state index contributed by atoms with van der Waals surface area (Å²) >= 11 is 5.92. The minimum atomic E-state index is -0.175. The van der Waals surface area contributed by atoms with Crippen LogP contribution in [-0.2, 0) is 11.3 Å². The van der Waals surface area contributed by atoms with Crippen LogP contribution in [0.25, 0.3) is 0 Å². The summed E-state index contributed by atoms with van der Waals surface area (Å²) in [5.74, 6) is 0.514. The van der Waals surface area contributed by atoms with Crippen molar-refractivity contribution in [3.8, 4) is 0 Å². The molecule has 30 heavy (non-hydrogen) atoms. The van der Waals surface area contributed by atoms with Gasteiger partial charge in [-0.15, -0.1) is 0 Å². The number of halogens is 1. The maximum absolute atomic E-state index is 12.6. The number of amides is 2. The Morgan fingerprint density at radius 1 is 1.17 bits per heavy atom. The van der Waals surface area contributed by atoms with Gasteiger partial charge in [0.1, 0.15) is 0 Å². The Labute approximate surface area is 180 Å². The van der Waals surface area contributed by atoms with Crippen molar-refractivity contribution in [2.45, 2.75) is 6.54 Å². The summed E-state index contributed by atoms with van der Waals surface area (Å²) in [6.45, 7) is 3.04. The predicted molar refractivity (Wildman–Crippen MR) is 116 cm³/mol. The fourth-order valence-electron chi connectivity index (χ4n) is 3.15. The number of nitrogens with one attached hydrogen (secondary N) is 2. The van der Waals surface area contributed by atoms with Crippen molar-refractivity contribution >= 4 is 29.4 Å². The van der Waals surface area contributed by atoms with Gasteiger partial charge in [-0.2, -0.15) is 0 Å². The monoisotopic (exact) mass is 428 g/mol. The number of aliphatic imine (C=N–C) groups is 1. The molecule has 2 heterocycles. The molecule has 0 atom stereocenters. The zero-order valence-corrected chi connectivity index (χ0v) is 17.6. The van der Waals surface area contributed by atoms with E-state index in [9.17, 15) is 9.59 Å². The van der Waals surface area contributed by atoms with Gasteiger partial charge in [-0.3, -0.25) is 19.6 Å². The minimum Gasteiger partial charge on any atom is -0.354 e. The Bertz CT molecular complexity index is 888. The van der Waals surface area contributed by atoms with Crippen molar-refractivity contribution in [1.82, 2.24) is 25.4 Å². The molecule has 0 aliphatic carbocycles. The Morgan fingerprint density at radius 2 is 1.93 bits per heavy atom. The van der Waals surface area contributed by atoms with Crippen LogP contribution in [0.15, 0.2) is 53.8 Å². The van der Waals surface area contributed by atoms with Crippen LogP contribution in [0.3, 0.4) is 0 Å². The highest BCUT2D eigenvalue weighted by Gasteiger charge is 2.25. The molecule has 2 amide bonds. The third-order valence-electron chi connectivity index (χ3n) is 4.73. The SMILES string of the molecule is CN=C(NCCNC(=O)c1cccnc1)N1CCN(Cc2ccc(Cl)cc2)C(=O)C1. The summed E-state index contributed by atoms with van der Waals surface area (Å²) in [7, 11) is 1.68. The molecule has 0 unspecified atom stereocenters. The number of piperazine rings is 1. The number of guanidine groups is 1. The van der Waals surface area contributed by atoms with E-state index in [0.717, 1.165) is 5.56 Å². The number of hydrogen-bond donors (Lipinski definition) is 2. The molecule has 1 aromatic carbocycles. The maximum atomic E-state index is 12.6. The van der Waals surface area contributed by atoms with Crippen molar-refractivity contribution in [2.75, 3.05) is 39.8 Å². The quantitative estimate of drug-likeness (QED) is 0.412. The molecule has 8 nitrogen and oxygen atoms in total. The Kier molecular flexibility index (Phi) is 7.62. The average Bonchev–Trinajstić information content (AvgIpc) is 2.77. The van der Waals surface area contributed by atoms with E-state index in [4.69, 9.17) is 11.6 Å². The van der Waals surface area contributed by atoms with Gasteiger partial charge in [0, 0.05) is 57.2 Å². The molecule has 0 spiro atoms. The average molecular weight is 429 g/mol. The van der Waals surface area contributed by atoms with E-state index in [-0.39, 0.29) is 18.4 Å². The van der Waals surface area contributed by atoms with Crippen LogP contribution < -0.4 is 10.6 Å². The van der Waals surface area contributed by atoms with E-state index in [1.807, 2.05) is 34.1 Å². The second kappa shape index (κ2) is 10.6. The predicted octanol–water partition coefficient (Wildman–Crippen LogP) is 1.38. The zero-order chi connectivity index (χ0) is 21.3. The van der Waals surface area contributed by atoms with E-state index in [1.54, 1.807) is 25.4 Å². The van der Waals surface area contributed by atoms with Gasteiger partial charge in [-0.25, -0.2) is 0 Å². The van der Waals surface area contributed by atoms with Crippen molar-refractivity contribution in [2.24, 2.45) is 4.99 Å². The largest absolute Gasteiger partial charge is 0.354 e. The lowest BCUT2D eigenvalue weighted by molar-refractivity contribution is -0.135. The lowest BCUT2D eigenvalue weighted by atomic mass is 10.2. The van der Waals surface area contributed by atoms with E-state index in [2.05, 4.69) is 20.6 Å². The molecule has 1 fully saturated rings. The van der Waals surface area contributed by atoms with E-state index >= 15 is 0 Å². The highest BCUT2D eigenvalue weighted by Crippen LogP contribution is 2.13. The first-order valence-corrected chi connectivity index (χ1v) is 10.1. The normalized spacial score (nSPS) is 14.6. The van der Waals surface area contributed by atoms with Gasteiger partial charge in [-0.1, -0.05) is 23.7 Å². The molecular weight excluding hydrogens is 404 g/mol. The number of rotatable bonds is 6. The summed E-state index contributed by atoms with van der Waals surface area (Å²) in [5.41, 5.74) is 1.57. The van der Waals surface area contributed by atoms with Gasteiger partial charge in [0.25, 0.3) is 5.91 Å². The van der Waals surface area contributed by atoms with Gasteiger partial charge in [0.2, 0.25) is 5.91 Å². The molecule has 1 aliphatic heterocycles. The fraction of sp³-hybridized carbons (Fsp3) is 0.333. The highest BCUT2D eigenvalue weighted by atomic mass is 35.5. The van der Waals surface area contributed by atoms with Crippen LogP contribution >= 0.6 is 11.6 Å². The standard InChI is InChI=1S/C21H25ClN6O2/c1-23-21(26-10-9-25-20(30)17-3-2-8-24-13-17)28-12-11-27(19(29)15-28)14-16-4-6-18(22)7-5-16/h2-8,13H,9-12,14-15H2,1H3,(H,23,26)(H,25,30). The number of carbonyl (C=O) groups is 2. The molecular formula is C21H25ClN6O2. The van der Waals surface area contributed by atoms with Crippen molar-refractivity contribution in [1.29, 1.82) is 0 Å². The summed E-state index contributed by atoms with van der Waals surface area (Å²) < 4.78 is 0. The highest BCUT2D eigenvalue weighted by molar-refractivity contribution is 6.30. The van der Waals surface area contributed by atoms with Crippen molar-refractivity contribution < 1.29 is 9.59 Å². The topological polar surface area (TPSA) is 89.9 Å². The molecule has 9 heteroatoms. The molecule has 2 N–H and O–H groups in total. The Balaban J connectivity index is 1.43. The molecule has 1 aromatic heterocycles. The van der Waals surface area contributed by atoms with Gasteiger partial charge in [0.05, 0.1) is 12.1 Å². The van der Waals surface area contributed by atoms with Crippen molar-refractivity contribution in [3.63, 3.8) is 0 Å². The molecule has 158 valence electrons. The molecule has 0 radical (unpaired) electrons. The molecule has 0 saturated carbocycles. The molecule has 3 rings (SSSR count). The zero-order valence-electron chi connectivity index (χ0n) is 16.8. The first-order valence-electron chi connectivity index (χ1n) is 9.73. The fourth-order valence-corrected chi connectivity index (χ4v) is 3.27. The Morgan fingerprint density at radius 3 is 2.60 bits per heavy atom. The first-order chi connectivity index (χ1) is 14.6. The number of hydrogen-bond acceptors (Lipinski definition) is 4. The second-order valence-electron chi connectivity index (χ2n) is 6.83. The van der Waals surface area contributed by atoms with Gasteiger partial charge in [-0.05, 0) is 29.8 Å². The van der Waals surface area contributed by atoms with Gasteiger partial charge >= 0.3 is 0 Å². The number of aromatic nitrogens is 1. The van der Waals surface area contributed by atoms with Crippen LogP contribution in [0.4, 0.5) is 0 Å². The second-order valence-corrected chi connectivity index (χ2v) is 7.27. The number of carbonyl (C=O) groups excluding carboxylic acids is 2. The van der Waals surface area contributed by atoms with E-state index in [1.165, 1.54) is 6.20 Å². The summed E-state index contributed by atoms with van der Waals surface area (Å²) in [6.07, 6.45) is 3.15. The van der Waals surface area contributed by atoms with Crippen LogP contribution in [0.2, 0.25) is 5.02 Å². The van der Waals surface area contributed by atoms with E-state index < -0.39 is 0 Å². The van der Waals surface area contributed by atoms with Crippen LogP contribution in [0.1, 0.15) is 15.9 Å². The van der Waals surface area contributed by atoms with Crippen molar-refractivity contribution in [3.05, 3.63) is 64.9 Å². The lowest BCUT2D eigenvalue weighted by Crippen LogP contribution is -2.55. The van der Waals surface area contributed by atoms with Crippen LogP contribution in [-0.4, -0.2) is 72.3 Å². The number of pyridine rings is 1. The van der Waals surface area contributed by atoms with Crippen LogP contribution in [0.5, 0.6) is 0 Å². The smallest absolute Gasteiger partial charge is 0.252 e. The van der Waals surface area contributed by atoms with E-state index in [0.29, 0.717) is 49.3 Å². The number of benzene rings is 1. The van der Waals surface area contributed by atoms with Gasteiger partial charge in [0.15, 0.2) is 5.96 Å². The Hall–Kier alpha value is -3.13. The van der Waals surface area contributed by atoms with Crippen LogP contribution in [0, 0.1) is 0 Å². The number of nitrogens with zero attached hydrogens (tertiary/aromatic N) is 4. The third-order valence-corrected chi connectivity index (χ3v) is 4.99. The van der Waals surface area contributed by atoms with Gasteiger partial charge < -0.3 is 20.4 Å². The minimum absolute atomic E-state index is 0.0454. The molecule has 0 bridgehead atoms. The summed E-state index contributed by atoms with van der Waals surface area (Å²) in [4.78, 5) is 36.6. The third kappa shape index (κ3) is 5.93. The summed E-state index contributed by atoms with van der Waals surface area (Å²) in [6, 6.07) is 11.0. The molecule has 1 saturated heterocycles.